The first-order chi connectivity index (χ1) is 14.1. The lowest BCUT2D eigenvalue weighted by Gasteiger charge is -2.44. The standard InChI is InChI=1S/C26H33NO2/c1-4-26(5-2,6-3)25(29)27-18-17-22(20-13-9-7-10-14-20)19-23(27)24(28)21-15-11-8-12-16-21/h7-16,22-23H,4-6,17-19H2,1-3H3/t22-,23+/m0/s1. The molecule has 1 aliphatic rings. The number of Topliss-reactive ketones (excluding diaryl/α,β-unsaturated/α-hetero) is 1. The zero-order chi connectivity index (χ0) is 20.9. The predicted molar refractivity (Wildman–Crippen MR) is 118 cm³/mol. The van der Waals surface area contributed by atoms with E-state index in [2.05, 4.69) is 45.0 Å². The normalized spacial score (nSPS) is 19.8. The van der Waals surface area contributed by atoms with Gasteiger partial charge in [-0.1, -0.05) is 81.4 Å². The lowest BCUT2D eigenvalue weighted by molar-refractivity contribution is -0.146. The lowest BCUT2D eigenvalue weighted by atomic mass is 9.76. The molecule has 1 amide bonds. The number of carbonyl (C=O) groups excluding carboxylic acids is 2. The molecule has 0 spiro atoms. The van der Waals surface area contributed by atoms with Gasteiger partial charge in [-0.25, -0.2) is 0 Å². The Morgan fingerprint density at radius 1 is 0.897 bits per heavy atom. The Labute approximate surface area is 175 Å². The summed E-state index contributed by atoms with van der Waals surface area (Å²) in [6.45, 7) is 6.92. The fourth-order valence-corrected chi connectivity index (χ4v) is 4.79. The molecule has 1 saturated heterocycles. The largest absolute Gasteiger partial charge is 0.332 e. The van der Waals surface area contributed by atoms with E-state index in [4.69, 9.17) is 0 Å². The second-order valence-corrected chi connectivity index (χ2v) is 8.22. The molecule has 1 aliphatic heterocycles. The molecule has 2 aromatic carbocycles. The van der Waals surface area contributed by atoms with Gasteiger partial charge in [0.1, 0.15) is 0 Å². The minimum Gasteiger partial charge on any atom is -0.332 e. The van der Waals surface area contributed by atoms with Crippen molar-refractivity contribution in [2.45, 2.75) is 64.8 Å². The van der Waals surface area contributed by atoms with Crippen LogP contribution >= 0.6 is 0 Å². The molecule has 0 aromatic heterocycles. The van der Waals surface area contributed by atoms with Crippen molar-refractivity contribution in [2.75, 3.05) is 6.54 Å². The Balaban J connectivity index is 1.94. The second-order valence-electron chi connectivity index (χ2n) is 8.22. The van der Waals surface area contributed by atoms with Crippen LogP contribution in [-0.2, 0) is 4.79 Å². The summed E-state index contributed by atoms with van der Waals surface area (Å²) in [5, 5.41) is 0. The number of nitrogens with zero attached hydrogens (tertiary/aromatic N) is 1. The van der Waals surface area contributed by atoms with Crippen molar-refractivity contribution in [1.29, 1.82) is 0 Å². The van der Waals surface area contributed by atoms with Gasteiger partial charge in [-0.2, -0.15) is 0 Å². The number of rotatable bonds is 7. The van der Waals surface area contributed by atoms with Crippen molar-refractivity contribution in [3.8, 4) is 0 Å². The van der Waals surface area contributed by atoms with Gasteiger partial charge in [0.15, 0.2) is 5.78 Å². The van der Waals surface area contributed by atoms with E-state index in [0.29, 0.717) is 24.4 Å². The molecule has 0 bridgehead atoms. The summed E-state index contributed by atoms with van der Waals surface area (Å²) in [5.74, 6) is 0.528. The lowest BCUT2D eigenvalue weighted by Crippen LogP contribution is -2.54. The number of likely N-dealkylation sites (tertiary alicyclic amines) is 1. The molecule has 154 valence electrons. The number of hydrogen-bond donors (Lipinski definition) is 0. The summed E-state index contributed by atoms with van der Waals surface area (Å²) < 4.78 is 0. The summed E-state index contributed by atoms with van der Waals surface area (Å²) >= 11 is 0. The highest BCUT2D eigenvalue weighted by Crippen LogP contribution is 2.39. The highest BCUT2D eigenvalue weighted by molar-refractivity contribution is 6.02. The SMILES string of the molecule is CCC(CC)(CC)C(=O)N1CC[C@H](c2ccccc2)C[C@@H]1C(=O)c1ccccc1. The molecule has 2 aromatic rings. The van der Waals surface area contributed by atoms with Crippen LogP contribution in [0.2, 0.25) is 0 Å². The van der Waals surface area contributed by atoms with Gasteiger partial charge < -0.3 is 4.90 Å². The van der Waals surface area contributed by atoms with Gasteiger partial charge in [-0.3, -0.25) is 9.59 Å². The van der Waals surface area contributed by atoms with Crippen LogP contribution in [0.3, 0.4) is 0 Å². The molecule has 3 nitrogen and oxygen atoms in total. The van der Waals surface area contributed by atoms with Crippen molar-refractivity contribution >= 4 is 11.7 Å². The third-order valence-electron chi connectivity index (χ3n) is 6.98. The molecule has 0 aliphatic carbocycles. The number of carbonyl (C=O) groups is 2. The van der Waals surface area contributed by atoms with Crippen molar-refractivity contribution in [1.82, 2.24) is 4.90 Å². The average molecular weight is 392 g/mol. The van der Waals surface area contributed by atoms with E-state index in [9.17, 15) is 9.59 Å². The van der Waals surface area contributed by atoms with Crippen LogP contribution in [-0.4, -0.2) is 29.2 Å². The number of amides is 1. The zero-order valence-corrected chi connectivity index (χ0v) is 17.9. The van der Waals surface area contributed by atoms with Gasteiger partial charge in [0.2, 0.25) is 5.91 Å². The number of ketones is 1. The van der Waals surface area contributed by atoms with Crippen LogP contribution in [0, 0.1) is 5.41 Å². The molecule has 3 rings (SSSR count). The average Bonchev–Trinajstić information content (AvgIpc) is 2.80. The van der Waals surface area contributed by atoms with Crippen LogP contribution in [0.1, 0.15) is 74.7 Å². The molecule has 1 heterocycles. The summed E-state index contributed by atoms with van der Waals surface area (Å²) in [6, 6.07) is 19.4. The first kappa shape index (κ1) is 21.3. The maximum atomic E-state index is 13.7. The van der Waals surface area contributed by atoms with Gasteiger partial charge in [0, 0.05) is 17.5 Å². The van der Waals surface area contributed by atoms with Crippen LogP contribution in [0.5, 0.6) is 0 Å². The van der Waals surface area contributed by atoms with Crippen molar-refractivity contribution in [3.63, 3.8) is 0 Å². The van der Waals surface area contributed by atoms with E-state index < -0.39 is 6.04 Å². The number of piperidine rings is 1. The quantitative estimate of drug-likeness (QED) is 0.554. The predicted octanol–water partition coefficient (Wildman–Crippen LogP) is 5.86. The number of benzene rings is 2. The Kier molecular flexibility index (Phi) is 6.89. The summed E-state index contributed by atoms with van der Waals surface area (Å²) in [6.07, 6.45) is 4.02. The topological polar surface area (TPSA) is 37.4 Å². The Morgan fingerprint density at radius 2 is 1.45 bits per heavy atom. The van der Waals surface area contributed by atoms with Gasteiger partial charge in [0.25, 0.3) is 0 Å². The fraction of sp³-hybridized carbons (Fsp3) is 0.462. The number of hydrogen-bond acceptors (Lipinski definition) is 2. The zero-order valence-electron chi connectivity index (χ0n) is 17.9. The van der Waals surface area contributed by atoms with Crippen molar-refractivity contribution in [3.05, 3.63) is 71.8 Å². The Hall–Kier alpha value is -2.42. The van der Waals surface area contributed by atoms with E-state index >= 15 is 0 Å². The summed E-state index contributed by atoms with van der Waals surface area (Å²) in [5.41, 5.74) is 1.59. The third-order valence-corrected chi connectivity index (χ3v) is 6.98. The molecule has 0 unspecified atom stereocenters. The van der Waals surface area contributed by atoms with Crippen molar-refractivity contribution < 1.29 is 9.59 Å². The highest BCUT2D eigenvalue weighted by atomic mass is 16.2. The van der Waals surface area contributed by atoms with Crippen LogP contribution in [0.25, 0.3) is 0 Å². The second kappa shape index (κ2) is 9.39. The van der Waals surface area contributed by atoms with Gasteiger partial charge >= 0.3 is 0 Å². The maximum Gasteiger partial charge on any atom is 0.229 e. The fourth-order valence-electron chi connectivity index (χ4n) is 4.79. The van der Waals surface area contributed by atoms with E-state index in [1.165, 1.54) is 5.56 Å². The van der Waals surface area contributed by atoms with Gasteiger partial charge in [-0.05, 0) is 43.6 Å². The first-order valence-corrected chi connectivity index (χ1v) is 11.0. The van der Waals surface area contributed by atoms with Crippen LogP contribution in [0.4, 0.5) is 0 Å². The Morgan fingerprint density at radius 3 is 2.00 bits per heavy atom. The molecule has 2 atom stereocenters. The molecule has 0 saturated carbocycles. The maximum absolute atomic E-state index is 13.7. The molecular weight excluding hydrogens is 358 g/mol. The summed E-state index contributed by atoms with van der Waals surface area (Å²) in [4.78, 5) is 29.1. The Bertz CT molecular complexity index is 803. The van der Waals surface area contributed by atoms with E-state index in [1.54, 1.807) is 0 Å². The van der Waals surface area contributed by atoms with Crippen LogP contribution < -0.4 is 0 Å². The van der Waals surface area contributed by atoms with E-state index in [0.717, 1.165) is 25.7 Å². The van der Waals surface area contributed by atoms with Crippen LogP contribution in [0.15, 0.2) is 60.7 Å². The molecule has 1 fully saturated rings. The first-order valence-electron chi connectivity index (χ1n) is 11.0. The minimum atomic E-state index is -0.395. The molecular formula is C26H33NO2. The van der Waals surface area contributed by atoms with Gasteiger partial charge in [-0.15, -0.1) is 0 Å². The van der Waals surface area contributed by atoms with E-state index in [-0.39, 0.29) is 17.1 Å². The molecule has 0 radical (unpaired) electrons. The third kappa shape index (κ3) is 4.29. The molecule has 0 N–H and O–H groups in total. The van der Waals surface area contributed by atoms with Gasteiger partial charge in [0.05, 0.1) is 6.04 Å². The van der Waals surface area contributed by atoms with E-state index in [1.807, 2.05) is 41.3 Å². The van der Waals surface area contributed by atoms with Crippen molar-refractivity contribution in [2.24, 2.45) is 5.41 Å². The molecule has 3 heteroatoms. The summed E-state index contributed by atoms with van der Waals surface area (Å²) in [7, 11) is 0. The highest BCUT2D eigenvalue weighted by Gasteiger charge is 2.43. The monoisotopic (exact) mass is 391 g/mol. The molecule has 29 heavy (non-hydrogen) atoms. The minimum absolute atomic E-state index is 0.0665. The smallest absolute Gasteiger partial charge is 0.229 e.